The van der Waals surface area contributed by atoms with E-state index in [0.29, 0.717) is 30.3 Å². The molecule has 2 aliphatic heterocycles. The van der Waals surface area contributed by atoms with Gasteiger partial charge in [-0.05, 0) is 30.9 Å². The molecule has 1 atom stereocenters. The van der Waals surface area contributed by atoms with E-state index in [1.807, 2.05) is 17.8 Å². The monoisotopic (exact) mass is 343 g/mol. The smallest absolute Gasteiger partial charge is 0.255 e. The number of nitrogens with one attached hydrogen (secondary N) is 1. The number of hydrogen-bond acceptors (Lipinski definition) is 5. The van der Waals surface area contributed by atoms with Gasteiger partial charge in [-0.2, -0.15) is 0 Å². The molecule has 1 unspecified atom stereocenters. The van der Waals surface area contributed by atoms with Crippen molar-refractivity contribution in [2.75, 3.05) is 20.0 Å². The van der Waals surface area contributed by atoms with E-state index in [-0.39, 0.29) is 24.7 Å². The molecular weight excluding hydrogens is 322 g/mol. The van der Waals surface area contributed by atoms with Gasteiger partial charge in [0.1, 0.15) is 5.82 Å². The van der Waals surface area contributed by atoms with Crippen LogP contribution >= 0.6 is 0 Å². The number of para-hydroxylation sites is 1. The van der Waals surface area contributed by atoms with Crippen molar-refractivity contribution in [2.45, 2.75) is 18.9 Å². The molecule has 0 bridgehead atoms. The first-order valence-corrected chi connectivity index (χ1v) is 8.48. The lowest BCUT2D eigenvalue weighted by Gasteiger charge is -2.30. The minimum atomic E-state index is -0.179. The molecule has 2 aromatic rings. The molecule has 1 saturated heterocycles. The van der Waals surface area contributed by atoms with E-state index in [2.05, 4.69) is 10.3 Å². The molecule has 3 heterocycles. The third kappa shape index (κ3) is 3.07. The molecule has 1 fully saturated rings. The maximum atomic E-state index is 12.9. The van der Waals surface area contributed by atoms with E-state index in [1.165, 1.54) is 0 Å². The van der Waals surface area contributed by atoms with Crippen molar-refractivity contribution >= 4 is 5.91 Å². The summed E-state index contributed by atoms with van der Waals surface area (Å²) >= 11 is 0. The van der Waals surface area contributed by atoms with Crippen LogP contribution < -0.4 is 14.8 Å². The number of rotatable bonds is 4. The fraction of sp³-hybridized carbons (Fsp3) is 0.444. The minimum Gasteiger partial charge on any atom is -0.454 e. The number of aromatic nitrogens is 2. The van der Waals surface area contributed by atoms with Gasteiger partial charge in [-0.25, -0.2) is 4.98 Å². The van der Waals surface area contributed by atoms with Gasteiger partial charge in [0.05, 0.1) is 11.6 Å². The highest BCUT2D eigenvalue weighted by molar-refractivity contribution is 5.98. The molecule has 25 heavy (non-hydrogen) atoms. The fourth-order valence-electron chi connectivity index (χ4n) is 3.45. The molecule has 1 aromatic heterocycles. The Balaban J connectivity index is 1.61. The van der Waals surface area contributed by atoms with Crippen molar-refractivity contribution in [1.29, 1.82) is 0 Å². The molecule has 4 rings (SSSR count). The van der Waals surface area contributed by atoms with Gasteiger partial charge in [0.25, 0.3) is 5.91 Å². The summed E-state index contributed by atoms with van der Waals surface area (Å²) in [5, 5.41) is 3.16. The second kappa shape index (κ2) is 6.76. The number of aryl methyl sites for hydroxylation is 1. The Hall–Kier alpha value is -2.54. The molecule has 1 aromatic carbocycles. The summed E-state index contributed by atoms with van der Waals surface area (Å²) in [6.07, 6.45) is 5.44. The number of nitrogens with zero attached hydrogens (tertiary/aromatic N) is 2. The lowest BCUT2D eigenvalue weighted by atomic mass is 9.90. The van der Waals surface area contributed by atoms with Crippen LogP contribution in [0.25, 0.3) is 0 Å². The van der Waals surface area contributed by atoms with Gasteiger partial charge >= 0.3 is 0 Å². The standard InChI is InChI=1S/C18H21N3O4/c1-21-8-7-19-17(21)15(12-5-9-23-10-6-12)20-18(22)13-3-2-4-14-16(13)25-11-24-14/h2-4,7-8,12,15H,5-6,9-11H2,1H3,(H,20,22). The van der Waals surface area contributed by atoms with E-state index >= 15 is 0 Å². The van der Waals surface area contributed by atoms with Crippen LogP contribution in [-0.2, 0) is 11.8 Å². The molecule has 2 aliphatic rings. The number of carbonyl (C=O) groups is 1. The number of benzene rings is 1. The number of amides is 1. The number of ether oxygens (including phenoxy) is 3. The van der Waals surface area contributed by atoms with Crippen molar-refractivity contribution in [2.24, 2.45) is 13.0 Å². The van der Waals surface area contributed by atoms with Crippen LogP contribution in [0.2, 0.25) is 0 Å². The van der Waals surface area contributed by atoms with Gasteiger partial charge in [0, 0.05) is 32.7 Å². The average Bonchev–Trinajstić information content (AvgIpc) is 3.28. The van der Waals surface area contributed by atoms with E-state index in [4.69, 9.17) is 14.2 Å². The SMILES string of the molecule is Cn1ccnc1C(NC(=O)c1cccc2c1OCO2)C1CCOCC1. The van der Waals surface area contributed by atoms with Gasteiger partial charge in [-0.3, -0.25) is 4.79 Å². The summed E-state index contributed by atoms with van der Waals surface area (Å²) in [5.41, 5.74) is 0.487. The molecule has 7 heteroatoms. The molecule has 132 valence electrons. The first kappa shape index (κ1) is 16.0. The molecular formula is C18H21N3O4. The highest BCUT2D eigenvalue weighted by Gasteiger charge is 2.31. The summed E-state index contributed by atoms with van der Waals surface area (Å²) in [5.74, 6) is 2.07. The van der Waals surface area contributed by atoms with Crippen molar-refractivity contribution in [3.05, 3.63) is 42.0 Å². The fourth-order valence-corrected chi connectivity index (χ4v) is 3.45. The minimum absolute atomic E-state index is 0.141. The third-order valence-corrected chi connectivity index (χ3v) is 4.80. The Morgan fingerprint density at radius 3 is 2.92 bits per heavy atom. The van der Waals surface area contributed by atoms with E-state index in [9.17, 15) is 4.79 Å². The maximum Gasteiger partial charge on any atom is 0.255 e. The maximum absolute atomic E-state index is 12.9. The van der Waals surface area contributed by atoms with E-state index < -0.39 is 0 Å². The molecule has 0 radical (unpaired) electrons. The van der Waals surface area contributed by atoms with Crippen LogP contribution in [0.1, 0.15) is 35.1 Å². The van der Waals surface area contributed by atoms with Gasteiger partial charge in [0.15, 0.2) is 11.5 Å². The predicted octanol–water partition coefficient (Wildman–Crippen LogP) is 2.05. The summed E-state index contributed by atoms with van der Waals surface area (Å²) in [6.45, 7) is 1.56. The van der Waals surface area contributed by atoms with Crippen LogP contribution in [0.3, 0.4) is 0 Å². The zero-order valence-electron chi connectivity index (χ0n) is 14.1. The normalized spacial score (nSPS) is 18.1. The lowest BCUT2D eigenvalue weighted by molar-refractivity contribution is 0.0498. The van der Waals surface area contributed by atoms with Gasteiger partial charge in [-0.1, -0.05) is 6.07 Å². The summed E-state index contributed by atoms with van der Waals surface area (Å²) in [4.78, 5) is 17.4. The van der Waals surface area contributed by atoms with Gasteiger partial charge < -0.3 is 24.1 Å². The zero-order valence-corrected chi connectivity index (χ0v) is 14.1. The Morgan fingerprint density at radius 1 is 1.32 bits per heavy atom. The first-order chi connectivity index (χ1) is 12.2. The van der Waals surface area contributed by atoms with Crippen molar-refractivity contribution in [1.82, 2.24) is 14.9 Å². The van der Waals surface area contributed by atoms with Crippen molar-refractivity contribution in [3.63, 3.8) is 0 Å². The predicted molar refractivity (Wildman–Crippen MR) is 89.5 cm³/mol. The Bertz CT molecular complexity index is 767. The highest BCUT2D eigenvalue weighted by atomic mass is 16.7. The molecule has 1 N–H and O–H groups in total. The first-order valence-electron chi connectivity index (χ1n) is 8.48. The number of hydrogen-bond donors (Lipinski definition) is 1. The number of fused-ring (bicyclic) bond motifs is 1. The summed E-state index contributed by atoms with van der Waals surface area (Å²) in [7, 11) is 1.94. The van der Waals surface area contributed by atoms with Crippen LogP contribution in [0.15, 0.2) is 30.6 Å². The summed E-state index contributed by atoms with van der Waals surface area (Å²) in [6, 6.07) is 5.18. The molecule has 1 amide bonds. The highest BCUT2D eigenvalue weighted by Crippen LogP contribution is 2.36. The molecule has 0 saturated carbocycles. The number of carbonyl (C=O) groups excluding carboxylic acids is 1. The van der Waals surface area contributed by atoms with Crippen LogP contribution in [0, 0.1) is 5.92 Å². The Kier molecular flexibility index (Phi) is 4.31. The lowest BCUT2D eigenvalue weighted by Crippen LogP contribution is -2.37. The van der Waals surface area contributed by atoms with Gasteiger partial charge in [0.2, 0.25) is 6.79 Å². The zero-order chi connectivity index (χ0) is 17.2. The molecule has 0 aliphatic carbocycles. The second-order valence-electron chi connectivity index (χ2n) is 6.34. The average molecular weight is 343 g/mol. The van der Waals surface area contributed by atoms with Gasteiger partial charge in [-0.15, -0.1) is 0 Å². The topological polar surface area (TPSA) is 74.6 Å². The van der Waals surface area contributed by atoms with E-state index in [0.717, 1.165) is 18.7 Å². The molecule has 7 nitrogen and oxygen atoms in total. The van der Waals surface area contributed by atoms with Crippen LogP contribution in [0.4, 0.5) is 0 Å². The Morgan fingerprint density at radius 2 is 2.16 bits per heavy atom. The second-order valence-corrected chi connectivity index (χ2v) is 6.34. The van der Waals surface area contributed by atoms with Crippen LogP contribution in [0.5, 0.6) is 11.5 Å². The molecule has 0 spiro atoms. The summed E-state index contributed by atoms with van der Waals surface area (Å²) < 4.78 is 18.3. The Labute approximate surface area is 145 Å². The van der Waals surface area contributed by atoms with E-state index in [1.54, 1.807) is 24.4 Å². The third-order valence-electron chi connectivity index (χ3n) is 4.80. The van der Waals surface area contributed by atoms with Crippen LogP contribution in [-0.4, -0.2) is 35.5 Å². The van der Waals surface area contributed by atoms with Crippen molar-refractivity contribution in [3.8, 4) is 11.5 Å². The van der Waals surface area contributed by atoms with Crippen molar-refractivity contribution < 1.29 is 19.0 Å². The quantitative estimate of drug-likeness (QED) is 0.920. The largest absolute Gasteiger partial charge is 0.454 e. The number of imidazole rings is 1.